The molecule has 0 aliphatic heterocycles. The first-order valence-electron chi connectivity index (χ1n) is 9.99. The van der Waals surface area contributed by atoms with Gasteiger partial charge in [-0.3, -0.25) is 4.79 Å². The van der Waals surface area contributed by atoms with Crippen molar-refractivity contribution in [3.63, 3.8) is 0 Å². The molecular formula is C24H29N3O2S. The SMILES string of the molecule is COc1ccc(-c2nn(-c3ccccc3)cc2CSC(C)C(=O)NC(C)(C)C)cc1. The van der Waals surface area contributed by atoms with Crippen molar-refractivity contribution in [2.45, 2.75) is 44.2 Å². The molecule has 3 rings (SSSR count). The molecule has 1 atom stereocenters. The van der Waals surface area contributed by atoms with E-state index in [4.69, 9.17) is 9.84 Å². The summed E-state index contributed by atoms with van der Waals surface area (Å²) in [5.74, 6) is 1.55. The number of ether oxygens (including phenoxy) is 1. The Morgan fingerprint density at radius 1 is 1.13 bits per heavy atom. The van der Waals surface area contributed by atoms with Gasteiger partial charge in [0.25, 0.3) is 0 Å². The third-order valence-electron chi connectivity index (χ3n) is 4.53. The van der Waals surface area contributed by atoms with Crippen LogP contribution in [0.4, 0.5) is 0 Å². The Balaban J connectivity index is 1.86. The van der Waals surface area contributed by atoms with Crippen LogP contribution in [0, 0.1) is 0 Å². The van der Waals surface area contributed by atoms with Gasteiger partial charge in [0.15, 0.2) is 0 Å². The minimum Gasteiger partial charge on any atom is -0.497 e. The molecule has 6 heteroatoms. The second-order valence-electron chi connectivity index (χ2n) is 8.20. The molecule has 1 aromatic heterocycles. The topological polar surface area (TPSA) is 56.2 Å². The molecule has 0 saturated heterocycles. The van der Waals surface area contributed by atoms with Gasteiger partial charge in [0.2, 0.25) is 5.91 Å². The molecule has 0 radical (unpaired) electrons. The van der Waals surface area contributed by atoms with E-state index in [0.717, 1.165) is 28.3 Å². The Kier molecular flexibility index (Phi) is 6.87. The highest BCUT2D eigenvalue weighted by atomic mass is 32.2. The number of hydrogen-bond acceptors (Lipinski definition) is 4. The summed E-state index contributed by atoms with van der Waals surface area (Å²) in [6, 6.07) is 17.9. The molecule has 0 spiro atoms. The second kappa shape index (κ2) is 9.39. The van der Waals surface area contributed by atoms with E-state index in [1.807, 2.05) is 87.0 Å². The van der Waals surface area contributed by atoms with Gasteiger partial charge in [-0.1, -0.05) is 18.2 Å². The van der Waals surface area contributed by atoms with Gasteiger partial charge >= 0.3 is 0 Å². The van der Waals surface area contributed by atoms with E-state index in [9.17, 15) is 4.79 Å². The van der Waals surface area contributed by atoms with Crippen LogP contribution in [0.3, 0.4) is 0 Å². The van der Waals surface area contributed by atoms with Crippen LogP contribution in [-0.2, 0) is 10.5 Å². The summed E-state index contributed by atoms with van der Waals surface area (Å²) >= 11 is 1.61. The Morgan fingerprint density at radius 2 is 1.80 bits per heavy atom. The highest BCUT2D eigenvalue weighted by Crippen LogP contribution is 2.29. The van der Waals surface area contributed by atoms with Crippen molar-refractivity contribution in [1.29, 1.82) is 0 Å². The number of nitrogens with zero attached hydrogens (tertiary/aromatic N) is 2. The van der Waals surface area contributed by atoms with E-state index in [0.29, 0.717) is 5.75 Å². The number of rotatable bonds is 7. The standard InChI is InChI=1S/C24H29N3O2S/c1-17(23(28)25-24(2,3)4)30-16-19-15-27(20-9-7-6-8-10-20)26-22(19)18-11-13-21(29-5)14-12-18/h6-15,17H,16H2,1-5H3,(H,25,28). The summed E-state index contributed by atoms with van der Waals surface area (Å²) in [5.41, 5.74) is 3.79. The lowest BCUT2D eigenvalue weighted by Gasteiger charge is -2.23. The number of thioether (sulfide) groups is 1. The Hall–Kier alpha value is -2.73. The van der Waals surface area contributed by atoms with Crippen LogP contribution in [0.2, 0.25) is 0 Å². The van der Waals surface area contributed by atoms with Crippen molar-refractivity contribution in [3.05, 3.63) is 66.4 Å². The van der Waals surface area contributed by atoms with E-state index in [1.54, 1.807) is 18.9 Å². The van der Waals surface area contributed by atoms with Crippen molar-refractivity contribution in [2.24, 2.45) is 0 Å². The first-order chi connectivity index (χ1) is 14.3. The average molecular weight is 424 g/mol. The molecule has 158 valence electrons. The minimum absolute atomic E-state index is 0.0500. The third-order valence-corrected chi connectivity index (χ3v) is 5.72. The highest BCUT2D eigenvalue weighted by molar-refractivity contribution is 7.99. The zero-order valence-corrected chi connectivity index (χ0v) is 19.0. The predicted molar refractivity (Wildman–Crippen MR) is 124 cm³/mol. The van der Waals surface area contributed by atoms with Crippen LogP contribution in [-0.4, -0.2) is 33.6 Å². The number of amides is 1. The molecule has 0 bridgehead atoms. The maximum Gasteiger partial charge on any atom is 0.233 e. The quantitative estimate of drug-likeness (QED) is 0.575. The fourth-order valence-corrected chi connectivity index (χ4v) is 3.83. The van der Waals surface area contributed by atoms with E-state index >= 15 is 0 Å². The minimum atomic E-state index is -0.238. The monoisotopic (exact) mass is 423 g/mol. The summed E-state index contributed by atoms with van der Waals surface area (Å²) < 4.78 is 7.18. The smallest absolute Gasteiger partial charge is 0.233 e. The molecule has 1 unspecified atom stereocenters. The van der Waals surface area contributed by atoms with Crippen LogP contribution in [0.15, 0.2) is 60.8 Å². The first kappa shape index (κ1) is 22.0. The average Bonchev–Trinajstić information content (AvgIpc) is 3.15. The van der Waals surface area contributed by atoms with Crippen molar-refractivity contribution < 1.29 is 9.53 Å². The van der Waals surface area contributed by atoms with Gasteiger partial charge in [-0.15, -0.1) is 11.8 Å². The van der Waals surface area contributed by atoms with E-state index in [-0.39, 0.29) is 16.7 Å². The molecule has 5 nitrogen and oxygen atoms in total. The highest BCUT2D eigenvalue weighted by Gasteiger charge is 2.21. The predicted octanol–water partition coefficient (Wildman–Crippen LogP) is 5.08. The summed E-state index contributed by atoms with van der Waals surface area (Å²) in [5, 5.41) is 7.74. The van der Waals surface area contributed by atoms with E-state index < -0.39 is 0 Å². The number of methoxy groups -OCH3 is 1. The van der Waals surface area contributed by atoms with Gasteiger partial charge < -0.3 is 10.1 Å². The Bertz CT molecular complexity index is 976. The Morgan fingerprint density at radius 3 is 2.40 bits per heavy atom. The summed E-state index contributed by atoms with van der Waals surface area (Å²) in [7, 11) is 1.66. The van der Waals surface area contributed by atoms with Gasteiger partial charge in [-0.05, 0) is 64.1 Å². The van der Waals surface area contributed by atoms with Crippen molar-refractivity contribution in [1.82, 2.24) is 15.1 Å². The van der Waals surface area contributed by atoms with Crippen molar-refractivity contribution in [2.75, 3.05) is 7.11 Å². The normalized spacial score (nSPS) is 12.4. The first-order valence-corrected chi connectivity index (χ1v) is 11.0. The number of para-hydroxylation sites is 1. The number of benzene rings is 2. The van der Waals surface area contributed by atoms with Gasteiger partial charge in [-0.2, -0.15) is 5.10 Å². The van der Waals surface area contributed by atoms with E-state index in [2.05, 4.69) is 11.5 Å². The molecule has 0 fully saturated rings. The largest absolute Gasteiger partial charge is 0.497 e. The lowest BCUT2D eigenvalue weighted by atomic mass is 10.1. The summed E-state index contributed by atoms with van der Waals surface area (Å²) in [6.07, 6.45) is 2.05. The molecule has 1 amide bonds. The fraction of sp³-hybridized carbons (Fsp3) is 0.333. The van der Waals surface area contributed by atoms with Crippen LogP contribution < -0.4 is 10.1 Å². The molecule has 0 aliphatic carbocycles. The molecule has 0 aliphatic rings. The molecular weight excluding hydrogens is 394 g/mol. The van der Waals surface area contributed by atoms with Crippen LogP contribution in [0.1, 0.15) is 33.3 Å². The molecule has 1 N–H and O–H groups in total. The molecule has 0 saturated carbocycles. The summed E-state index contributed by atoms with van der Waals surface area (Å²) in [6.45, 7) is 7.93. The van der Waals surface area contributed by atoms with Gasteiger partial charge in [0.05, 0.1) is 23.7 Å². The lowest BCUT2D eigenvalue weighted by Crippen LogP contribution is -2.44. The zero-order valence-electron chi connectivity index (χ0n) is 18.2. The van der Waals surface area contributed by atoms with Crippen molar-refractivity contribution in [3.8, 4) is 22.7 Å². The van der Waals surface area contributed by atoms with Crippen molar-refractivity contribution >= 4 is 17.7 Å². The molecule has 1 heterocycles. The second-order valence-corrected chi connectivity index (χ2v) is 9.53. The zero-order chi connectivity index (χ0) is 21.7. The number of aromatic nitrogens is 2. The lowest BCUT2D eigenvalue weighted by molar-refractivity contribution is -0.121. The van der Waals surface area contributed by atoms with Crippen LogP contribution >= 0.6 is 11.8 Å². The van der Waals surface area contributed by atoms with E-state index in [1.165, 1.54) is 0 Å². The van der Waals surface area contributed by atoms with Gasteiger partial charge in [-0.25, -0.2) is 4.68 Å². The fourth-order valence-electron chi connectivity index (χ4n) is 2.98. The number of carbonyl (C=O) groups excluding carboxylic acids is 1. The molecule has 2 aromatic carbocycles. The third kappa shape index (κ3) is 5.66. The van der Waals surface area contributed by atoms with Gasteiger partial charge in [0.1, 0.15) is 5.75 Å². The number of nitrogens with one attached hydrogen (secondary N) is 1. The van der Waals surface area contributed by atoms with Crippen LogP contribution in [0.5, 0.6) is 5.75 Å². The number of hydrogen-bond donors (Lipinski definition) is 1. The maximum atomic E-state index is 12.5. The Labute approximate surface area is 182 Å². The molecule has 3 aromatic rings. The number of carbonyl (C=O) groups is 1. The molecule has 30 heavy (non-hydrogen) atoms. The summed E-state index contributed by atoms with van der Waals surface area (Å²) in [4.78, 5) is 12.5. The maximum absolute atomic E-state index is 12.5. The van der Waals surface area contributed by atoms with Crippen LogP contribution in [0.25, 0.3) is 16.9 Å². The van der Waals surface area contributed by atoms with Gasteiger partial charge in [0, 0.05) is 28.6 Å².